The Hall–Kier alpha value is -3.68. The smallest absolute Gasteiger partial charge is 0.411 e. The van der Waals surface area contributed by atoms with Gasteiger partial charge in [-0.3, -0.25) is 19.4 Å². The van der Waals surface area contributed by atoms with Crippen molar-refractivity contribution in [2.45, 2.75) is 144 Å². The first-order chi connectivity index (χ1) is 26.4. The molecule has 3 aliphatic heterocycles. The summed E-state index contributed by atoms with van der Waals surface area (Å²) in [6, 6.07) is 2.86. The number of carbonyl (C=O) groups is 4. The molecule has 5 heterocycles. The van der Waals surface area contributed by atoms with Crippen LogP contribution in [0.5, 0.6) is 0 Å². The molecule has 0 unspecified atom stereocenters. The normalized spacial score (nSPS) is 35.8. The molecule has 0 radical (unpaired) electrons. The Balaban J connectivity index is 1.43. The van der Waals surface area contributed by atoms with E-state index in [1.807, 2.05) is 50.6 Å². The lowest BCUT2D eigenvalue weighted by Gasteiger charge is -2.46. The van der Waals surface area contributed by atoms with Crippen molar-refractivity contribution < 1.29 is 43.2 Å². The van der Waals surface area contributed by atoms with Crippen LogP contribution in [0.25, 0.3) is 11.3 Å². The second-order valence-corrected chi connectivity index (χ2v) is 17.5. The average Bonchev–Trinajstić information content (AvgIpc) is 3.76. The first-order valence-corrected chi connectivity index (χ1v) is 20.6. The summed E-state index contributed by atoms with van der Waals surface area (Å²) in [6.45, 7) is 19.2. The molecule has 5 rings (SSSR count). The third kappa shape index (κ3) is 8.89. The SMILES string of the molecule is CC[C@H]1OC(=O)[C@H](C)C(=O)[C@H](C)[C@@H](O[C@@H]2O[C@H](C)C[C@H](C)[C@H]2C)C(C)(C)C[C@@H](C)C(=O)[C@H](C)[C@H]2N(CCCCn3cnc(-c4cccnc4)c3)C(=O)O[C@]12CO. The maximum absolute atomic E-state index is 14.7. The summed E-state index contributed by atoms with van der Waals surface area (Å²) in [7, 11) is 0. The number of aliphatic hydroxyl groups is 1. The van der Waals surface area contributed by atoms with Gasteiger partial charge in [-0.1, -0.05) is 55.4 Å². The molecule has 13 heteroatoms. The lowest BCUT2D eigenvalue weighted by Crippen LogP contribution is -2.61. The number of nitrogens with zero attached hydrogens (tertiary/aromatic N) is 4. The highest BCUT2D eigenvalue weighted by Crippen LogP contribution is 2.45. The zero-order valence-electron chi connectivity index (χ0n) is 35.0. The second-order valence-electron chi connectivity index (χ2n) is 17.5. The largest absolute Gasteiger partial charge is 0.457 e. The van der Waals surface area contributed by atoms with Crippen LogP contribution < -0.4 is 0 Å². The van der Waals surface area contributed by atoms with E-state index >= 15 is 0 Å². The second kappa shape index (κ2) is 17.9. The zero-order valence-corrected chi connectivity index (χ0v) is 35.0. The first-order valence-electron chi connectivity index (χ1n) is 20.6. The molecule has 1 N–H and O–H groups in total. The van der Waals surface area contributed by atoms with Gasteiger partial charge in [0.25, 0.3) is 0 Å². The molecule has 13 nitrogen and oxygen atoms in total. The first kappa shape index (κ1) is 43.4. The number of pyridine rings is 1. The Morgan fingerprint density at radius 1 is 0.982 bits per heavy atom. The fourth-order valence-electron chi connectivity index (χ4n) is 9.52. The van der Waals surface area contributed by atoms with Gasteiger partial charge in [0.05, 0.1) is 36.9 Å². The number of aliphatic hydroxyl groups excluding tert-OH is 1. The van der Waals surface area contributed by atoms with Crippen LogP contribution >= 0.6 is 0 Å². The fourth-order valence-corrected chi connectivity index (χ4v) is 9.52. The molecule has 1 amide bonds. The van der Waals surface area contributed by atoms with Crippen molar-refractivity contribution in [3.8, 4) is 11.3 Å². The lowest BCUT2D eigenvalue weighted by atomic mass is 9.69. The van der Waals surface area contributed by atoms with Crippen molar-refractivity contribution >= 4 is 23.6 Å². The number of amides is 1. The average molecular weight is 781 g/mol. The fraction of sp³-hybridized carbons (Fsp3) is 0.721. The number of rotatable bonds is 10. The van der Waals surface area contributed by atoms with E-state index in [1.54, 1.807) is 39.5 Å². The van der Waals surface area contributed by atoms with Crippen LogP contribution in [-0.4, -0.2) is 97.6 Å². The number of ketones is 2. The monoisotopic (exact) mass is 780 g/mol. The van der Waals surface area contributed by atoms with Gasteiger partial charge in [0.15, 0.2) is 17.7 Å². The van der Waals surface area contributed by atoms with Crippen molar-refractivity contribution in [2.75, 3.05) is 13.2 Å². The van der Waals surface area contributed by atoms with E-state index in [0.717, 1.165) is 17.7 Å². The molecule has 0 aliphatic carbocycles. The topological polar surface area (TPSA) is 159 Å². The van der Waals surface area contributed by atoms with Gasteiger partial charge in [-0.2, -0.15) is 0 Å². The van der Waals surface area contributed by atoms with Gasteiger partial charge < -0.3 is 33.5 Å². The van der Waals surface area contributed by atoms with Gasteiger partial charge in [0, 0.05) is 60.9 Å². The van der Waals surface area contributed by atoms with Gasteiger partial charge in [-0.25, -0.2) is 9.78 Å². The highest BCUT2D eigenvalue weighted by molar-refractivity contribution is 6.00. The van der Waals surface area contributed by atoms with Gasteiger partial charge >= 0.3 is 12.1 Å². The predicted molar refractivity (Wildman–Crippen MR) is 209 cm³/mol. The summed E-state index contributed by atoms with van der Waals surface area (Å²) < 4.78 is 27.2. The number of unbranched alkanes of at least 4 members (excludes halogenated alkanes) is 1. The molecule has 2 aromatic heterocycles. The number of fused-ring (bicyclic) bond motifs is 1. The van der Waals surface area contributed by atoms with Crippen LogP contribution in [0.3, 0.4) is 0 Å². The Morgan fingerprint density at radius 3 is 2.36 bits per heavy atom. The Bertz CT molecular complexity index is 1680. The number of aromatic nitrogens is 3. The molecule has 0 saturated carbocycles. The number of cyclic esters (lactones) is 1. The van der Waals surface area contributed by atoms with Crippen LogP contribution in [0.4, 0.5) is 4.79 Å². The number of hydrogen-bond acceptors (Lipinski definition) is 11. The predicted octanol–water partition coefficient (Wildman–Crippen LogP) is 6.50. The van der Waals surface area contributed by atoms with E-state index in [4.69, 9.17) is 18.9 Å². The number of carbonyl (C=O) groups excluding carboxylic acids is 4. The van der Waals surface area contributed by atoms with Crippen molar-refractivity contribution in [1.29, 1.82) is 0 Å². The van der Waals surface area contributed by atoms with Crippen molar-refractivity contribution in [3.63, 3.8) is 0 Å². The standard InChI is InChI=1S/C43H64N4O9/c1-11-34-43(23-48)37(47(41(52)56-43)18-13-12-17-46-22-33(45-24-46)32-15-14-16-44-21-32)29(6)35(49)26(3)20-42(9,10)38(30(7)36(50)31(8)39(51)54-34)55-40-28(5)25(2)19-27(4)53-40/h14-16,21-22,24-31,34,37-38,40,48H,11-13,17-20,23H2,1-10H3/t25-,26+,27+,28+,29-,30-,31+,34+,37+,38+,40-,43+/m0/s1. The zero-order chi connectivity index (χ0) is 41.1. The molecule has 56 heavy (non-hydrogen) atoms. The van der Waals surface area contributed by atoms with Crippen molar-refractivity contribution in [2.24, 2.45) is 40.9 Å². The number of ether oxygens (including phenoxy) is 4. The van der Waals surface area contributed by atoms with E-state index in [-0.39, 0.29) is 36.6 Å². The quantitative estimate of drug-likeness (QED) is 0.159. The number of aryl methyl sites for hydroxylation is 1. The van der Waals surface area contributed by atoms with Gasteiger partial charge in [-0.15, -0.1) is 0 Å². The maximum Gasteiger partial charge on any atom is 0.411 e. The summed E-state index contributed by atoms with van der Waals surface area (Å²) in [5.41, 5.74) is -0.740. The highest BCUT2D eigenvalue weighted by atomic mass is 16.7. The molecule has 0 spiro atoms. The molecular weight excluding hydrogens is 716 g/mol. The number of hydrogen-bond donors (Lipinski definition) is 1. The lowest BCUT2D eigenvalue weighted by molar-refractivity contribution is -0.267. The molecule has 310 valence electrons. The van der Waals surface area contributed by atoms with Crippen LogP contribution in [0.2, 0.25) is 0 Å². The van der Waals surface area contributed by atoms with Crippen molar-refractivity contribution in [1.82, 2.24) is 19.4 Å². The Labute approximate surface area is 332 Å². The van der Waals surface area contributed by atoms with Crippen LogP contribution in [0.15, 0.2) is 37.1 Å². The van der Waals surface area contributed by atoms with E-state index in [1.165, 1.54) is 11.8 Å². The number of Topliss-reactive ketones (excluding diaryl/α,β-unsaturated/α-hetero) is 2. The van der Waals surface area contributed by atoms with E-state index in [9.17, 15) is 24.3 Å². The van der Waals surface area contributed by atoms with Crippen LogP contribution in [0, 0.1) is 40.9 Å². The molecule has 12 atom stereocenters. The Kier molecular flexibility index (Phi) is 13.8. The third-order valence-electron chi connectivity index (χ3n) is 12.8. The minimum Gasteiger partial charge on any atom is -0.457 e. The summed E-state index contributed by atoms with van der Waals surface area (Å²) in [5.74, 6) is -4.12. The minimum absolute atomic E-state index is 0.0256. The van der Waals surface area contributed by atoms with Crippen LogP contribution in [0.1, 0.15) is 101 Å². The molecule has 2 aromatic rings. The molecule has 0 aromatic carbocycles. The van der Waals surface area contributed by atoms with Crippen molar-refractivity contribution in [3.05, 3.63) is 37.1 Å². The van der Waals surface area contributed by atoms with E-state index in [2.05, 4.69) is 23.8 Å². The van der Waals surface area contributed by atoms with E-state index in [0.29, 0.717) is 31.7 Å². The molecule has 3 fully saturated rings. The Morgan fingerprint density at radius 2 is 1.70 bits per heavy atom. The summed E-state index contributed by atoms with van der Waals surface area (Å²) in [5, 5.41) is 11.1. The van der Waals surface area contributed by atoms with Gasteiger partial charge in [0.2, 0.25) is 0 Å². The molecule has 3 aliphatic rings. The number of esters is 1. The minimum atomic E-state index is -1.74. The maximum atomic E-state index is 14.7. The summed E-state index contributed by atoms with van der Waals surface area (Å²) >= 11 is 0. The number of imidazole rings is 1. The summed E-state index contributed by atoms with van der Waals surface area (Å²) in [4.78, 5) is 66.9. The summed E-state index contributed by atoms with van der Waals surface area (Å²) in [6.07, 6.45) is 6.76. The van der Waals surface area contributed by atoms with Crippen LogP contribution in [-0.2, 0) is 39.9 Å². The molecule has 0 bridgehead atoms. The highest BCUT2D eigenvalue weighted by Gasteiger charge is 2.62. The third-order valence-corrected chi connectivity index (χ3v) is 12.8. The molecular formula is C43H64N4O9. The van der Waals surface area contributed by atoms with Gasteiger partial charge in [0.1, 0.15) is 17.8 Å². The van der Waals surface area contributed by atoms with E-state index < -0.39 is 77.9 Å². The molecule has 3 saturated heterocycles. The van der Waals surface area contributed by atoms with Gasteiger partial charge in [-0.05, 0) is 69.4 Å².